The number of hydrogen-bond acceptors (Lipinski definition) is 3. The van der Waals surface area contributed by atoms with Crippen LogP contribution in [0, 0.1) is 5.82 Å². The maximum absolute atomic E-state index is 13.4. The number of likely N-dealkylation sites (N-methyl/N-ethyl adjacent to an activating group) is 1. The van der Waals surface area contributed by atoms with Crippen LogP contribution in [0.1, 0.15) is 25.8 Å². The number of rotatable bonds is 5. The van der Waals surface area contributed by atoms with Gasteiger partial charge in [0.05, 0.1) is 0 Å². The smallest absolute Gasteiger partial charge is 0.263 e. The minimum Gasteiger partial charge on any atom is -0.480 e. The minimum absolute atomic E-state index is 0.0166. The lowest BCUT2D eigenvalue weighted by atomic mass is 10.1. The molecule has 1 heterocycles. The zero-order valence-corrected chi connectivity index (χ0v) is 12.1. The van der Waals surface area contributed by atoms with Crippen LogP contribution in [0.15, 0.2) is 18.2 Å². The van der Waals surface area contributed by atoms with E-state index in [0.717, 1.165) is 5.56 Å². The van der Waals surface area contributed by atoms with E-state index < -0.39 is 6.10 Å². The molecule has 0 bridgehead atoms. The summed E-state index contributed by atoms with van der Waals surface area (Å²) in [5, 5.41) is 3.23. The Hall–Kier alpha value is -1.62. The van der Waals surface area contributed by atoms with Crippen molar-refractivity contribution in [2.45, 2.75) is 39.0 Å². The zero-order valence-electron chi connectivity index (χ0n) is 12.1. The fourth-order valence-electron chi connectivity index (χ4n) is 2.17. The molecule has 1 aliphatic rings. The van der Waals surface area contributed by atoms with Gasteiger partial charge in [-0.25, -0.2) is 4.39 Å². The Bertz CT molecular complexity index is 491. The third-order valence-electron chi connectivity index (χ3n) is 3.37. The van der Waals surface area contributed by atoms with Crippen LogP contribution in [0.2, 0.25) is 0 Å². The minimum atomic E-state index is -0.455. The highest BCUT2D eigenvalue weighted by Crippen LogP contribution is 2.24. The molecule has 1 atom stereocenters. The van der Waals surface area contributed by atoms with Gasteiger partial charge in [-0.1, -0.05) is 13.8 Å². The molecule has 110 valence electrons. The lowest BCUT2D eigenvalue weighted by Crippen LogP contribution is -2.30. The molecule has 5 heteroatoms. The van der Waals surface area contributed by atoms with Crippen LogP contribution in [0.5, 0.6) is 5.75 Å². The summed E-state index contributed by atoms with van der Waals surface area (Å²) >= 11 is 0. The summed E-state index contributed by atoms with van der Waals surface area (Å²) in [5.74, 6) is 0.262. The second kappa shape index (κ2) is 6.22. The molecule has 0 radical (unpaired) electrons. The van der Waals surface area contributed by atoms with E-state index in [-0.39, 0.29) is 11.7 Å². The van der Waals surface area contributed by atoms with E-state index in [2.05, 4.69) is 5.32 Å². The SMILES string of the molecule is CC(C)NCc1cc(F)ccc1OC1CCN(C)C1=O. The molecule has 0 spiro atoms. The quantitative estimate of drug-likeness (QED) is 0.896. The van der Waals surface area contributed by atoms with Crippen LogP contribution in [0.25, 0.3) is 0 Å². The normalized spacial score (nSPS) is 18.9. The number of ether oxygens (including phenoxy) is 1. The lowest BCUT2D eigenvalue weighted by molar-refractivity contribution is -0.132. The lowest BCUT2D eigenvalue weighted by Gasteiger charge is -2.17. The molecule has 0 aliphatic carbocycles. The van der Waals surface area contributed by atoms with E-state index in [1.165, 1.54) is 12.1 Å². The first-order valence-electron chi connectivity index (χ1n) is 6.91. The third-order valence-corrected chi connectivity index (χ3v) is 3.37. The molecule has 1 fully saturated rings. The number of nitrogens with one attached hydrogen (secondary N) is 1. The van der Waals surface area contributed by atoms with Crippen molar-refractivity contribution in [3.63, 3.8) is 0 Å². The Morgan fingerprint density at radius 3 is 2.85 bits per heavy atom. The van der Waals surface area contributed by atoms with Gasteiger partial charge in [-0.2, -0.15) is 0 Å². The average Bonchev–Trinajstić information content (AvgIpc) is 2.71. The highest BCUT2D eigenvalue weighted by molar-refractivity contribution is 5.83. The molecule has 0 saturated carbocycles. The first-order chi connectivity index (χ1) is 9.47. The maximum Gasteiger partial charge on any atom is 0.263 e. The Morgan fingerprint density at radius 2 is 2.25 bits per heavy atom. The highest BCUT2D eigenvalue weighted by atomic mass is 19.1. The Morgan fingerprint density at radius 1 is 1.50 bits per heavy atom. The van der Waals surface area contributed by atoms with E-state index in [9.17, 15) is 9.18 Å². The van der Waals surface area contributed by atoms with Crippen molar-refractivity contribution in [3.05, 3.63) is 29.6 Å². The van der Waals surface area contributed by atoms with Gasteiger partial charge < -0.3 is 15.0 Å². The molecule has 1 aromatic carbocycles. The van der Waals surface area contributed by atoms with Crippen LogP contribution in [-0.4, -0.2) is 36.5 Å². The molecule has 1 N–H and O–H groups in total. The summed E-state index contributed by atoms with van der Waals surface area (Å²) in [6.07, 6.45) is 0.215. The molecule has 0 aromatic heterocycles. The van der Waals surface area contributed by atoms with Gasteiger partial charge in [0.25, 0.3) is 5.91 Å². The largest absolute Gasteiger partial charge is 0.480 e. The van der Waals surface area contributed by atoms with Gasteiger partial charge in [-0.15, -0.1) is 0 Å². The molecule has 2 rings (SSSR count). The van der Waals surface area contributed by atoms with Crippen LogP contribution >= 0.6 is 0 Å². The number of carbonyl (C=O) groups excluding carboxylic acids is 1. The number of carbonyl (C=O) groups is 1. The van der Waals surface area contributed by atoms with E-state index >= 15 is 0 Å². The van der Waals surface area contributed by atoms with E-state index in [4.69, 9.17) is 4.74 Å². The number of halogens is 1. The van der Waals surface area contributed by atoms with Crippen molar-refractivity contribution in [3.8, 4) is 5.75 Å². The van der Waals surface area contributed by atoms with E-state index in [1.807, 2.05) is 13.8 Å². The monoisotopic (exact) mass is 280 g/mol. The van der Waals surface area contributed by atoms with Crippen molar-refractivity contribution in [1.29, 1.82) is 0 Å². The van der Waals surface area contributed by atoms with E-state index in [1.54, 1.807) is 18.0 Å². The second-order valence-corrected chi connectivity index (χ2v) is 5.44. The molecule has 1 aliphatic heterocycles. The summed E-state index contributed by atoms with van der Waals surface area (Å²) in [6.45, 7) is 5.26. The number of nitrogens with zero attached hydrogens (tertiary/aromatic N) is 1. The van der Waals surface area contributed by atoms with Crippen molar-refractivity contribution >= 4 is 5.91 Å². The molecule has 1 amide bonds. The topological polar surface area (TPSA) is 41.6 Å². The summed E-state index contributed by atoms with van der Waals surface area (Å²) in [6, 6.07) is 4.70. The molecule has 1 unspecified atom stereocenters. The standard InChI is InChI=1S/C15H21FN2O2/c1-10(2)17-9-11-8-12(16)4-5-13(11)20-14-6-7-18(3)15(14)19/h4-5,8,10,14,17H,6-7,9H2,1-3H3. The summed E-state index contributed by atoms with van der Waals surface area (Å²) in [5.41, 5.74) is 0.737. The maximum atomic E-state index is 13.4. The van der Waals surface area contributed by atoms with Crippen LogP contribution < -0.4 is 10.1 Å². The van der Waals surface area contributed by atoms with Gasteiger partial charge in [0.2, 0.25) is 0 Å². The van der Waals surface area contributed by atoms with Gasteiger partial charge in [-0.3, -0.25) is 4.79 Å². The first-order valence-corrected chi connectivity index (χ1v) is 6.91. The first kappa shape index (κ1) is 14.8. The Kier molecular flexibility index (Phi) is 4.60. The van der Waals surface area contributed by atoms with Gasteiger partial charge >= 0.3 is 0 Å². The Balaban J connectivity index is 2.12. The molecular formula is C15H21FN2O2. The van der Waals surface area contributed by atoms with Crippen molar-refractivity contribution in [2.24, 2.45) is 0 Å². The summed E-state index contributed by atoms with van der Waals surface area (Å²) < 4.78 is 19.1. The molecule has 1 saturated heterocycles. The van der Waals surface area contributed by atoms with Gasteiger partial charge in [0, 0.05) is 38.2 Å². The number of likely N-dealkylation sites (tertiary alicyclic amines) is 1. The summed E-state index contributed by atoms with van der Waals surface area (Å²) in [7, 11) is 1.76. The van der Waals surface area contributed by atoms with Gasteiger partial charge in [0.1, 0.15) is 11.6 Å². The predicted molar refractivity (Wildman–Crippen MR) is 75.0 cm³/mol. The molecule has 1 aromatic rings. The van der Waals surface area contributed by atoms with E-state index in [0.29, 0.717) is 31.3 Å². The fourth-order valence-corrected chi connectivity index (χ4v) is 2.17. The van der Waals surface area contributed by atoms with Crippen molar-refractivity contribution < 1.29 is 13.9 Å². The van der Waals surface area contributed by atoms with Gasteiger partial charge in [0.15, 0.2) is 6.10 Å². The van der Waals surface area contributed by atoms with Crippen LogP contribution in [0.4, 0.5) is 4.39 Å². The molecular weight excluding hydrogens is 259 g/mol. The second-order valence-electron chi connectivity index (χ2n) is 5.44. The van der Waals surface area contributed by atoms with Gasteiger partial charge in [-0.05, 0) is 18.2 Å². The zero-order chi connectivity index (χ0) is 14.7. The number of benzene rings is 1. The summed E-state index contributed by atoms with van der Waals surface area (Å²) in [4.78, 5) is 13.5. The van der Waals surface area contributed by atoms with Crippen LogP contribution in [0.3, 0.4) is 0 Å². The third kappa shape index (κ3) is 3.48. The fraction of sp³-hybridized carbons (Fsp3) is 0.533. The average molecular weight is 280 g/mol. The number of hydrogen-bond donors (Lipinski definition) is 1. The highest BCUT2D eigenvalue weighted by Gasteiger charge is 2.31. The molecule has 20 heavy (non-hydrogen) atoms. The number of amides is 1. The molecule has 4 nitrogen and oxygen atoms in total. The Labute approximate surface area is 118 Å². The van der Waals surface area contributed by atoms with Crippen LogP contribution in [-0.2, 0) is 11.3 Å². The van der Waals surface area contributed by atoms with Crippen molar-refractivity contribution in [2.75, 3.05) is 13.6 Å². The van der Waals surface area contributed by atoms with Crippen molar-refractivity contribution in [1.82, 2.24) is 10.2 Å². The predicted octanol–water partition coefficient (Wildman–Crippen LogP) is 1.93.